The molecule has 5 nitrogen and oxygen atoms in total. The molecule has 0 amide bonds. The van der Waals surface area contributed by atoms with Crippen LogP contribution in [0.15, 0.2) is 0 Å². The smallest absolute Gasteiger partial charge is 0.128 e. The Morgan fingerprint density at radius 2 is 2.09 bits per heavy atom. The molecule has 5 N–H and O–H groups in total. The summed E-state index contributed by atoms with van der Waals surface area (Å²) in [5, 5.41) is 39.0. The number of hydrogen-bond donors (Lipinski definition) is 5. The molecule has 0 aromatic heterocycles. The van der Waals surface area contributed by atoms with Crippen LogP contribution in [0.2, 0.25) is 0 Å². The molecule has 0 spiro atoms. The fourth-order valence-electron chi connectivity index (χ4n) is 1.16. The maximum atomic E-state index is 9.40. The van der Waals surface area contributed by atoms with Crippen LogP contribution in [0.4, 0.5) is 0 Å². The maximum absolute atomic E-state index is 9.40. The zero-order chi connectivity index (χ0) is 8.48. The van der Waals surface area contributed by atoms with E-state index in [1.54, 1.807) is 0 Å². The lowest BCUT2D eigenvalue weighted by atomic mass is 9.90. The lowest BCUT2D eigenvalue weighted by Gasteiger charge is -2.38. The Balaban J connectivity index is 2.64. The van der Waals surface area contributed by atoms with E-state index in [4.69, 9.17) is 10.2 Å². The van der Waals surface area contributed by atoms with Crippen molar-refractivity contribution in [3.05, 3.63) is 0 Å². The van der Waals surface area contributed by atoms with Crippen LogP contribution in [0.1, 0.15) is 0 Å². The van der Waals surface area contributed by atoms with Gasteiger partial charge in [-0.1, -0.05) is 0 Å². The topological polar surface area (TPSA) is 93.0 Å². The molecule has 5 heteroatoms. The number of hydrogen-bond acceptors (Lipinski definition) is 5. The fraction of sp³-hybridized carbons (Fsp3) is 1.00. The van der Waals surface area contributed by atoms with Crippen molar-refractivity contribution in [3.63, 3.8) is 0 Å². The van der Waals surface area contributed by atoms with Gasteiger partial charge in [0, 0.05) is 13.1 Å². The molecule has 11 heavy (non-hydrogen) atoms. The third kappa shape index (κ3) is 1.52. The van der Waals surface area contributed by atoms with Crippen LogP contribution in [0.5, 0.6) is 0 Å². The van der Waals surface area contributed by atoms with E-state index < -0.39 is 24.4 Å². The third-order valence-corrected chi connectivity index (χ3v) is 1.97. The summed E-state index contributed by atoms with van der Waals surface area (Å²) in [6.45, 7) is -0.219. The Hall–Kier alpha value is -0.200. The van der Waals surface area contributed by atoms with Crippen LogP contribution >= 0.6 is 0 Å². The summed E-state index contributed by atoms with van der Waals surface area (Å²) >= 11 is 0. The summed E-state index contributed by atoms with van der Waals surface area (Å²) in [4.78, 5) is 0. The molecule has 0 radical (unpaired) electrons. The van der Waals surface area contributed by atoms with Gasteiger partial charge in [-0.05, 0) is 0 Å². The monoisotopic (exact) mass is 163 g/mol. The Morgan fingerprint density at radius 1 is 1.45 bits per heavy atom. The van der Waals surface area contributed by atoms with Crippen molar-refractivity contribution in [1.82, 2.24) is 5.32 Å². The second kappa shape index (κ2) is 3.04. The van der Waals surface area contributed by atoms with Gasteiger partial charge in [0.1, 0.15) is 11.7 Å². The number of aliphatic hydroxyl groups is 4. The van der Waals surface area contributed by atoms with Crippen molar-refractivity contribution in [2.24, 2.45) is 0 Å². The van der Waals surface area contributed by atoms with Gasteiger partial charge >= 0.3 is 0 Å². The highest BCUT2D eigenvalue weighted by Crippen LogP contribution is 2.15. The van der Waals surface area contributed by atoms with Gasteiger partial charge in [-0.25, -0.2) is 0 Å². The van der Waals surface area contributed by atoms with Gasteiger partial charge in [-0.3, -0.25) is 0 Å². The Kier molecular flexibility index (Phi) is 2.46. The standard InChI is InChI=1S/C6H13NO4/c8-3-6(11)2-7-1-4(9)5(6)10/h4-5,7-11H,1-3H2/t4-,5+,6-/m0/s1. The second-order valence-electron chi connectivity index (χ2n) is 2.90. The molecule has 0 aliphatic carbocycles. The summed E-state index contributed by atoms with van der Waals surface area (Å²) in [5.41, 5.74) is -1.60. The van der Waals surface area contributed by atoms with E-state index in [-0.39, 0.29) is 13.1 Å². The lowest BCUT2D eigenvalue weighted by molar-refractivity contribution is -0.158. The molecule has 0 bridgehead atoms. The van der Waals surface area contributed by atoms with Crippen LogP contribution in [-0.2, 0) is 0 Å². The molecule has 0 unspecified atom stereocenters. The number of aliphatic hydroxyl groups excluding tert-OH is 3. The van der Waals surface area contributed by atoms with Gasteiger partial charge in [0.25, 0.3) is 0 Å². The molecule has 0 aromatic carbocycles. The summed E-state index contributed by atoms with van der Waals surface area (Å²) in [5.74, 6) is 0. The number of piperidine rings is 1. The van der Waals surface area contributed by atoms with E-state index in [9.17, 15) is 10.2 Å². The Morgan fingerprint density at radius 3 is 2.55 bits per heavy atom. The van der Waals surface area contributed by atoms with Gasteiger partial charge in [0.2, 0.25) is 0 Å². The fourth-order valence-corrected chi connectivity index (χ4v) is 1.16. The summed E-state index contributed by atoms with van der Waals surface area (Å²) in [6, 6.07) is 0. The third-order valence-electron chi connectivity index (χ3n) is 1.97. The highest BCUT2D eigenvalue weighted by molar-refractivity contribution is 4.96. The molecule has 1 fully saturated rings. The van der Waals surface area contributed by atoms with Crippen molar-refractivity contribution in [3.8, 4) is 0 Å². The van der Waals surface area contributed by atoms with E-state index in [2.05, 4.69) is 5.32 Å². The first-order chi connectivity index (χ1) is 5.10. The van der Waals surface area contributed by atoms with Gasteiger partial charge < -0.3 is 25.7 Å². The minimum atomic E-state index is -1.60. The highest BCUT2D eigenvalue weighted by Gasteiger charge is 2.42. The maximum Gasteiger partial charge on any atom is 0.128 e. The molecule has 1 aliphatic heterocycles. The van der Waals surface area contributed by atoms with E-state index in [0.717, 1.165) is 0 Å². The minimum Gasteiger partial charge on any atom is -0.393 e. The van der Waals surface area contributed by atoms with Gasteiger partial charge in [0.15, 0.2) is 0 Å². The van der Waals surface area contributed by atoms with Crippen LogP contribution in [0.25, 0.3) is 0 Å². The first-order valence-corrected chi connectivity index (χ1v) is 3.50. The Bertz CT molecular complexity index is 143. The zero-order valence-electron chi connectivity index (χ0n) is 6.06. The van der Waals surface area contributed by atoms with E-state index in [1.165, 1.54) is 0 Å². The molecule has 1 saturated heterocycles. The molecule has 0 aromatic rings. The lowest BCUT2D eigenvalue weighted by Crippen LogP contribution is -2.64. The van der Waals surface area contributed by atoms with Crippen molar-refractivity contribution >= 4 is 0 Å². The molecule has 0 saturated carbocycles. The number of β-amino-alcohol motifs (C(OH)–C–C–N with tert-alkyl or cyclic N) is 2. The minimum absolute atomic E-state index is 0.0989. The molecular weight excluding hydrogens is 150 g/mol. The molecule has 1 rings (SSSR count). The van der Waals surface area contributed by atoms with Crippen LogP contribution < -0.4 is 5.32 Å². The number of nitrogens with one attached hydrogen (secondary N) is 1. The summed E-state index contributed by atoms with van der Waals surface area (Å²) in [7, 11) is 0. The number of rotatable bonds is 1. The molecule has 1 heterocycles. The largest absolute Gasteiger partial charge is 0.393 e. The van der Waals surface area contributed by atoms with Crippen molar-refractivity contribution in [2.45, 2.75) is 17.8 Å². The first-order valence-electron chi connectivity index (χ1n) is 3.50. The van der Waals surface area contributed by atoms with E-state index >= 15 is 0 Å². The van der Waals surface area contributed by atoms with Gasteiger partial charge in [-0.2, -0.15) is 0 Å². The van der Waals surface area contributed by atoms with Crippen molar-refractivity contribution < 1.29 is 20.4 Å². The molecular formula is C6H13NO4. The molecule has 66 valence electrons. The van der Waals surface area contributed by atoms with E-state index in [0.29, 0.717) is 0 Å². The highest BCUT2D eigenvalue weighted by atomic mass is 16.4. The predicted octanol–water partition coefficient (Wildman–Crippen LogP) is -2.97. The van der Waals surface area contributed by atoms with Crippen molar-refractivity contribution in [2.75, 3.05) is 19.7 Å². The van der Waals surface area contributed by atoms with Crippen LogP contribution in [0.3, 0.4) is 0 Å². The summed E-state index contributed by atoms with van der Waals surface area (Å²) < 4.78 is 0. The molecule has 3 atom stereocenters. The predicted molar refractivity (Wildman–Crippen MR) is 36.9 cm³/mol. The average Bonchev–Trinajstić information content (AvgIpc) is 2.00. The summed E-state index contributed by atoms with van der Waals surface area (Å²) in [6.07, 6.45) is -2.28. The quantitative estimate of drug-likeness (QED) is 0.285. The molecule has 1 aliphatic rings. The Labute approximate surface area is 64.3 Å². The van der Waals surface area contributed by atoms with Gasteiger partial charge in [0.05, 0.1) is 12.7 Å². The average molecular weight is 163 g/mol. The first kappa shape index (κ1) is 8.89. The van der Waals surface area contributed by atoms with Crippen LogP contribution in [0, 0.1) is 0 Å². The van der Waals surface area contributed by atoms with Gasteiger partial charge in [-0.15, -0.1) is 0 Å². The van der Waals surface area contributed by atoms with Crippen molar-refractivity contribution in [1.29, 1.82) is 0 Å². The van der Waals surface area contributed by atoms with Crippen LogP contribution in [-0.4, -0.2) is 57.9 Å². The normalized spacial score (nSPS) is 45.8. The van der Waals surface area contributed by atoms with E-state index in [1.807, 2.05) is 0 Å². The SMILES string of the molecule is OC[C@@]1(O)CNC[C@H](O)[C@H]1O. The second-order valence-corrected chi connectivity index (χ2v) is 2.90. The zero-order valence-corrected chi connectivity index (χ0v) is 6.06.